The number of hydrogen-bond acceptors (Lipinski definition) is 6. The van der Waals surface area contributed by atoms with E-state index in [9.17, 15) is 18.3 Å². The summed E-state index contributed by atoms with van der Waals surface area (Å²) in [6.07, 6.45) is -3.91. The fourth-order valence-electron chi connectivity index (χ4n) is 4.14. The van der Waals surface area contributed by atoms with Crippen LogP contribution in [0.3, 0.4) is 0 Å². The molecule has 0 aliphatic carbocycles. The van der Waals surface area contributed by atoms with Crippen LogP contribution in [0.5, 0.6) is 11.8 Å². The molecule has 1 aliphatic heterocycles. The Labute approximate surface area is 212 Å². The number of aromatic hydroxyl groups is 1. The Balaban J connectivity index is 1.37. The molecule has 2 aromatic heterocycles. The molecule has 2 aromatic carbocycles. The normalized spacial score (nSPS) is 14.7. The first-order valence-corrected chi connectivity index (χ1v) is 11.9. The van der Waals surface area contributed by atoms with Gasteiger partial charge in [-0.3, -0.25) is 4.57 Å². The van der Waals surface area contributed by atoms with E-state index in [2.05, 4.69) is 56.7 Å². The molecule has 0 fully saturated rings. The topological polar surface area (TPSA) is 85.1 Å². The first-order chi connectivity index (χ1) is 16.5. The van der Waals surface area contributed by atoms with E-state index in [0.29, 0.717) is 57.5 Å². The molecule has 1 aliphatic rings. The van der Waals surface area contributed by atoms with Crippen LogP contribution >= 0.6 is 22.6 Å². The molecule has 11 heteroatoms. The van der Waals surface area contributed by atoms with Gasteiger partial charge in [0.1, 0.15) is 12.4 Å². The number of alkyl halides is 3. The van der Waals surface area contributed by atoms with Crippen molar-refractivity contribution in [3.05, 3.63) is 57.4 Å². The van der Waals surface area contributed by atoms with Crippen LogP contribution in [0.4, 0.5) is 19.0 Å². The monoisotopic (exact) mass is 595 g/mol. The average molecular weight is 595 g/mol. The van der Waals surface area contributed by atoms with Crippen molar-refractivity contribution in [3.8, 4) is 22.9 Å². The highest BCUT2D eigenvalue weighted by Gasteiger charge is 2.36. The van der Waals surface area contributed by atoms with E-state index in [4.69, 9.17) is 4.74 Å². The second kappa shape index (κ2) is 8.54. The Bertz CT molecular complexity index is 1430. The fraction of sp³-hybridized carbons (Fsp3) is 0.292. The Morgan fingerprint density at radius 3 is 2.71 bits per heavy atom. The first kappa shape index (κ1) is 23.6. The number of anilines is 1. The molecular weight excluding hydrogens is 574 g/mol. The summed E-state index contributed by atoms with van der Waals surface area (Å²) in [6.45, 7) is 5.12. The van der Waals surface area contributed by atoms with Gasteiger partial charge in [-0.05, 0) is 55.7 Å². The highest BCUT2D eigenvalue weighted by Crippen LogP contribution is 2.37. The second-order valence-corrected chi connectivity index (χ2v) is 9.92. The van der Waals surface area contributed by atoms with Crippen molar-refractivity contribution >= 4 is 39.6 Å². The predicted molar refractivity (Wildman–Crippen MR) is 134 cm³/mol. The number of aromatic nitrogens is 4. The Morgan fingerprint density at radius 1 is 1.14 bits per heavy atom. The van der Waals surface area contributed by atoms with Crippen molar-refractivity contribution in [2.45, 2.75) is 32.0 Å². The van der Waals surface area contributed by atoms with Crippen molar-refractivity contribution in [2.24, 2.45) is 0 Å². The summed E-state index contributed by atoms with van der Waals surface area (Å²) in [4.78, 5) is 13.6. The summed E-state index contributed by atoms with van der Waals surface area (Å²) < 4.78 is 47.7. The predicted octanol–water partition coefficient (Wildman–Crippen LogP) is 5.60. The molecule has 0 atom stereocenters. The number of benzene rings is 2. The quantitative estimate of drug-likeness (QED) is 0.231. The average Bonchev–Trinajstić information content (AvgIpc) is 3.31. The summed E-state index contributed by atoms with van der Waals surface area (Å²) in [5.41, 5.74) is 1.77. The van der Waals surface area contributed by atoms with Gasteiger partial charge in [-0.25, -0.2) is 9.97 Å². The molecule has 0 saturated heterocycles. The number of nitrogens with zero attached hydrogens (tertiary/aromatic N) is 4. The molecular formula is C24H21F3IN5O2. The van der Waals surface area contributed by atoms with Crippen LogP contribution in [-0.4, -0.2) is 37.8 Å². The Morgan fingerprint density at radius 2 is 1.94 bits per heavy atom. The standard InChI is InChI=1S/C24H21F3IN5O2/c1-23(2)12-35-22-30-18-19(31-21(28)32-20(18)33(22)23)29-9-8-13-6-7-17(34)16(10-13)14-4-3-5-15(11-14)24(25,26)27/h3-7,10-11,34H,8-9,12H2,1-2H3,(H,29,31,32). The van der Waals surface area contributed by atoms with Crippen molar-refractivity contribution in [1.29, 1.82) is 0 Å². The molecule has 2 N–H and O–H groups in total. The van der Waals surface area contributed by atoms with Crippen LogP contribution < -0.4 is 10.1 Å². The maximum absolute atomic E-state index is 13.1. The van der Waals surface area contributed by atoms with E-state index in [0.717, 1.165) is 17.7 Å². The van der Waals surface area contributed by atoms with Crippen LogP contribution in [0.15, 0.2) is 42.5 Å². The zero-order chi connectivity index (χ0) is 25.0. The second-order valence-electron chi connectivity index (χ2n) is 8.95. The summed E-state index contributed by atoms with van der Waals surface area (Å²) >= 11 is 2.06. The highest BCUT2D eigenvalue weighted by molar-refractivity contribution is 14.1. The number of rotatable bonds is 5. The molecule has 0 unspecified atom stereocenters. The molecule has 0 amide bonds. The number of nitrogens with one attached hydrogen (secondary N) is 1. The molecule has 35 heavy (non-hydrogen) atoms. The molecule has 0 spiro atoms. The maximum Gasteiger partial charge on any atom is 0.416 e. The van der Waals surface area contributed by atoms with Crippen LogP contribution in [0, 0.1) is 3.83 Å². The maximum atomic E-state index is 13.1. The van der Waals surface area contributed by atoms with Gasteiger partial charge in [-0.15, -0.1) is 0 Å². The summed E-state index contributed by atoms with van der Waals surface area (Å²) in [5.74, 6) is 0.501. The molecule has 5 rings (SSSR count). The third kappa shape index (κ3) is 4.48. The zero-order valence-corrected chi connectivity index (χ0v) is 21.0. The van der Waals surface area contributed by atoms with Gasteiger partial charge in [0.15, 0.2) is 20.8 Å². The minimum atomic E-state index is -4.46. The lowest BCUT2D eigenvalue weighted by molar-refractivity contribution is -0.137. The Hall–Kier alpha value is -3.09. The number of halogens is 4. The summed E-state index contributed by atoms with van der Waals surface area (Å²) in [5, 5.41) is 13.6. The van der Waals surface area contributed by atoms with Gasteiger partial charge in [0.2, 0.25) is 0 Å². The minimum Gasteiger partial charge on any atom is -0.507 e. The van der Waals surface area contributed by atoms with E-state index in [-0.39, 0.29) is 11.3 Å². The summed E-state index contributed by atoms with van der Waals surface area (Å²) in [6, 6.07) is 10.4. The van der Waals surface area contributed by atoms with Crippen LogP contribution in [0.25, 0.3) is 22.3 Å². The highest BCUT2D eigenvalue weighted by atomic mass is 127. The van der Waals surface area contributed by atoms with E-state index in [1.165, 1.54) is 12.1 Å². The fourth-order valence-corrected chi connectivity index (χ4v) is 4.61. The lowest BCUT2D eigenvalue weighted by Crippen LogP contribution is -2.26. The number of phenols is 1. The number of imidazole rings is 1. The number of phenolic OH excluding ortho intramolecular Hbond substituents is 1. The molecule has 3 heterocycles. The zero-order valence-electron chi connectivity index (χ0n) is 18.8. The van der Waals surface area contributed by atoms with Crippen molar-refractivity contribution in [3.63, 3.8) is 0 Å². The number of ether oxygens (including phenoxy) is 1. The van der Waals surface area contributed by atoms with E-state index < -0.39 is 11.7 Å². The number of fused-ring (bicyclic) bond motifs is 3. The minimum absolute atomic E-state index is 0.0803. The van der Waals surface area contributed by atoms with E-state index in [1.807, 2.05) is 4.57 Å². The van der Waals surface area contributed by atoms with Crippen LogP contribution in [0.2, 0.25) is 0 Å². The van der Waals surface area contributed by atoms with Crippen LogP contribution in [0.1, 0.15) is 25.0 Å². The largest absolute Gasteiger partial charge is 0.507 e. The van der Waals surface area contributed by atoms with Gasteiger partial charge in [-0.2, -0.15) is 18.2 Å². The van der Waals surface area contributed by atoms with Gasteiger partial charge in [0, 0.05) is 34.7 Å². The van der Waals surface area contributed by atoms with Gasteiger partial charge < -0.3 is 15.2 Å². The molecule has 182 valence electrons. The molecule has 0 radical (unpaired) electrons. The lowest BCUT2D eigenvalue weighted by atomic mass is 9.99. The smallest absolute Gasteiger partial charge is 0.416 e. The van der Waals surface area contributed by atoms with Crippen molar-refractivity contribution in [1.82, 2.24) is 19.5 Å². The van der Waals surface area contributed by atoms with E-state index in [1.54, 1.807) is 18.2 Å². The van der Waals surface area contributed by atoms with Crippen molar-refractivity contribution in [2.75, 3.05) is 18.5 Å². The van der Waals surface area contributed by atoms with Crippen LogP contribution in [-0.2, 0) is 18.1 Å². The summed E-state index contributed by atoms with van der Waals surface area (Å²) in [7, 11) is 0. The third-order valence-electron chi connectivity index (χ3n) is 5.88. The third-order valence-corrected chi connectivity index (χ3v) is 6.36. The molecule has 0 saturated carbocycles. The van der Waals surface area contributed by atoms with Gasteiger partial charge >= 0.3 is 6.18 Å². The first-order valence-electron chi connectivity index (χ1n) is 10.9. The van der Waals surface area contributed by atoms with E-state index >= 15 is 0 Å². The molecule has 7 nitrogen and oxygen atoms in total. The number of hydrogen-bond donors (Lipinski definition) is 2. The van der Waals surface area contributed by atoms with Crippen molar-refractivity contribution < 1.29 is 23.0 Å². The van der Waals surface area contributed by atoms with Gasteiger partial charge in [0.25, 0.3) is 6.01 Å². The Kier molecular flexibility index (Phi) is 5.77. The lowest BCUT2D eigenvalue weighted by Gasteiger charge is -2.18. The molecule has 4 aromatic rings. The molecule has 0 bridgehead atoms. The van der Waals surface area contributed by atoms with Gasteiger partial charge in [0.05, 0.1) is 11.1 Å². The van der Waals surface area contributed by atoms with Gasteiger partial charge in [-0.1, -0.05) is 18.2 Å². The SMILES string of the molecule is CC1(C)COc2nc3c(NCCc4ccc(O)c(-c5cccc(C(F)(F)F)c5)c4)nc(I)nc3n21.